The fourth-order valence-corrected chi connectivity index (χ4v) is 9.36. The van der Waals surface area contributed by atoms with Crippen LogP contribution in [-0.4, -0.2) is 63.7 Å². The van der Waals surface area contributed by atoms with E-state index in [4.69, 9.17) is 9.47 Å². The zero-order chi connectivity index (χ0) is 27.9. The highest BCUT2D eigenvalue weighted by Gasteiger charge is 2.78. The average Bonchev–Trinajstić information content (AvgIpc) is 3.39. The Hall–Kier alpha value is -1.65. The quantitative estimate of drug-likeness (QED) is 0.507. The topological polar surface area (TPSA) is 89.9 Å². The molecule has 38 heavy (non-hydrogen) atoms. The molecule has 5 rings (SSSR count). The molecule has 210 valence electrons. The van der Waals surface area contributed by atoms with Gasteiger partial charge < -0.3 is 14.6 Å². The molecular weight excluding hydrogens is 521 g/mol. The highest BCUT2D eigenvalue weighted by molar-refractivity contribution is 8.13. The fourth-order valence-electron chi connectivity index (χ4n) is 8.57. The Balaban J connectivity index is 1.62. The normalized spacial score (nSPS) is 49.6. The molecule has 0 bridgehead atoms. The molecule has 6 unspecified atom stereocenters. The van der Waals surface area contributed by atoms with Crippen molar-refractivity contribution in [2.75, 3.05) is 12.6 Å². The van der Waals surface area contributed by atoms with Crippen LogP contribution in [-0.2, 0) is 23.9 Å². The van der Waals surface area contributed by atoms with Crippen LogP contribution < -0.4 is 0 Å². The lowest BCUT2D eigenvalue weighted by Gasteiger charge is -2.63. The molecule has 0 amide bonds. The Morgan fingerprint density at radius 2 is 1.95 bits per heavy atom. The minimum atomic E-state index is -2.33. The van der Waals surface area contributed by atoms with Crippen molar-refractivity contribution in [3.05, 3.63) is 23.8 Å². The standard InChI is InChI=1S/C28H35F3O6S/c1-15-10-17-18-12-20(30)19-11-16(32)6-8-24(19,2)27(18,31)21(33)13-25(17,3)28(15,23(35)38-14-29)37-22(34)26(4)7-5-9-36-26/h6,8,11,15,17-18,20-21,33H,5,7,9-10,12-14H2,1-4H3/t15?,17-,18-,20?,21?,24-,25-,26?,27?,28?/m0/s1. The number of rotatable bonds is 4. The molecule has 4 fully saturated rings. The maximum absolute atomic E-state index is 17.4. The van der Waals surface area contributed by atoms with Crippen LogP contribution in [0.1, 0.15) is 59.8 Å². The van der Waals surface area contributed by atoms with Gasteiger partial charge in [0.1, 0.15) is 12.2 Å². The van der Waals surface area contributed by atoms with E-state index >= 15 is 8.78 Å². The first kappa shape index (κ1) is 27.9. The lowest BCUT2D eigenvalue weighted by atomic mass is 9.44. The van der Waals surface area contributed by atoms with E-state index in [9.17, 15) is 23.9 Å². The van der Waals surface area contributed by atoms with Crippen LogP contribution in [0, 0.1) is 28.6 Å². The Kier molecular flexibility index (Phi) is 6.56. The molecule has 10 atom stereocenters. The number of carbonyl (C=O) groups is 3. The van der Waals surface area contributed by atoms with Crippen molar-refractivity contribution < 1.29 is 42.1 Å². The molecule has 1 saturated heterocycles. The first-order valence-corrected chi connectivity index (χ1v) is 14.3. The number of thioether (sulfide) groups is 1. The molecule has 0 aromatic heterocycles. The third-order valence-electron chi connectivity index (χ3n) is 10.6. The lowest BCUT2D eigenvalue weighted by molar-refractivity contribution is -0.233. The molecule has 1 N–H and O–H groups in total. The van der Waals surface area contributed by atoms with Crippen LogP contribution in [0.4, 0.5) is 13.2 Å². The molecule has 5 aliphatic rings. The van der Waals surface area contributed by atoms with Gasteiger partial charge in [-0.05, 0) is 81.4 Å². The summed E-state index contributed by atoms with van der Waals surface area (Å²) in [6.07, 6.45) is 1.05. The molecule has 6 nitrogen and oxygen atoms in total. The first-order chi connectivity index (χ1) is 17.7. The van der Waals surface area contributed by atoms with Crippen LogP contribution in [0.2, 0.25) is 0 Å². The number of carbonyl (C=O) groups excluding carboxylic acids is 3. The van der Waals surface area contributed by atoms with Crippen molar-refractivity contribution in [2.24, 2.45) is 28.6 Å². The first-order valence-electron chi connectivity index (χ1n) is 13.3. The van der Waals surface area contributed by atoms with E-state index in [-0.39, 0.29) is 24.8 Å². The highest BCUT2D eigenvalue weighted by Crippen LogP contribution is 2.72. The van der Waals surface area contributed by atoms with Gasteiger partial charge in [0, 0.05) is 29.3 Å². The van der Waals surface area contributed by atoms with Crippen LogP contribution in [0.15, 0.2) is 23.8 Å². The van der Waals surface area contributed by atoms with Crippen molar-refractivity contribution in [3.63, 3.8) is 0 Å². The van der Waals surface area contributed by atoms with Gasteiger partial charge in [-0.15, -0.1) is 0 Å². The summed E-state index contributed by atoms with van der Waals surface area (Å²) in [7, 11) is 0. The SMILES string of the molecule is CC1C[C@H]2[C@@H]3CC(F)C4=CC(=O)C=C[C@]4(C)C3(F)C(O)C[C@]2(C)C1(OC(=O)C1(C)CCCO1)C(=O)SCF. The number of aliphatic hydroxyl groups excluding tert-OH is 1. The minimum absolute atomic E-state index is 0.00510. The van der Waals surface area contributed by atoms with Gasteiger partial charge in [0.05, 0.1) is 6.10 Å². The summed E-state index contributed by atoms with van der Waals surface area (Å²) in [5.41, 5.74) is -8.35. The fraction of sp³-hybridized carbons (Fsp3) is 0.750. The van der Waals surface area contributed by atoms with Crippen molar-refractivity contribution in [1.29, 1.82) is 0 Å². The Morgan fingerprint density at radius 3 is 2.58 bits per heavy atom. The van der Waals surface area contributed by atoms with Crippen molar-refractivity contribution >= 4 is 28.6 Å². The molecular formula is C28H35F3O6S. The molecule has 0 aromatic rings. The monoisotopic (exact) mass is 556 g/mol. The summed E-state index contributed by atoms with van der Waals surface area (Å²) in [5.74, 6) is -3.55. The second-order valence-corrected chi connectivity index (χ2v) is 13.2. The predicted octanol–water partition coefficient (Wildman–Crippen LogP) is 4.59. The van der Waals surface area contributed by atoms with E-state index in [2.05, 4.69) is 0 Å². The molecule has 0 aromatic carbocycles. The number of esters is 1. The van der Waals surface area contributed by atoms with E-state index in [1.807, 2.05) is 0 Å². The van der Waals surface area contributed by atoms with Gasteiger partial charge >= 0.3 is 5.97 Å². The Bertz CT molecular complexity index is 1120. The van der Waals surface area contributed by atoms with Gasteiger partial charge in [0.15, 0.2) is 22.7 Å². The largest absolute Gasteiger partial charge is 0.447 e. The summed E-state index contributed by atoms with van der Waals surface area (Å²) < 4.78 is 58.5. The second kappa shape index (κ2) is 8.93. The van der Waals surface area contributed by atoms with Gasteiger partial charge in [-0.2, -0.15) is 0 Å². The van der Waals surface area contributed by atoms with Crippen molar-refractivity contribution in [1.82, 2.24) is 0 Å². The zero-order valence-corrected chi connectivity index (χ0v) is 22.9. The maximum Gasteiger partial charge on any atom is 0.339 e. The Labute approximate surface area is 224 Å². The molecule has 10 heteroatoms. The smallest absolute Gasteiger partial charge is 0.339 e. The number of allylic oxidation sites excluding steroid dienone is 4. The highest BCUT2D eigenvalue weighted by atomic mass is 32.2. The van der Waals surface area contributed by atoms with Gasteiger partial charge in [-0.1, -0.05) is 19.9 Å². The number of alkyl halides is 3. The number of fused-ring (bicyclic) bond motifs is 5. The van der Waals surface area contributed by atoms with Crippen LogP contribution >= 0.6 is 11.8 Å². The van der Waals surface area contributed by atoms with Crippen molar-refractivity contribution in [2.45, 2.75) is 88.9 Å². The number of ketones is 1. The number of halogens is 3. The summed E-state index contributed by atoms with van der Waals surface area (Å²) in [6, 6.07) is -1.05. The molecule has 4 aliphatic carbocycles. The second-order valence-electron chi connectivity index (χ2n) is 12.3. The van der Waals surface area contributed by atoms with E-state index in [1.165, 1.54) is 19.1 Å². The average molecular weight is 557 g/mol. The van der Waals surface area contributed by atoms with Gasteiger partial charge in [-0.25, -0.2) is 18.0 Å². The summed E-state index contributed by atoms with van der Waals surface area (Å²) >= 11 is 0.386. The van der Waals surface area contributed by atoms with Gasteiger partial charge in [0.25, 0.3) is 0 Å². The maximum atomic E-state index is 17.4. The Morgan fingerprint density at radius 1 is 1.24 bits per heavy atom. The zero-order valence-electron chi connectivity index (χ0n) is 22.1. The number of aliphatic hydroxyl groups is 1. The van der Waals surface area contributed by atoms with E-state index in [1.54, 1.807) is 20.8 Å². The predicted molar refractivity (Wildman–Crippen MR) is 134 cm³/mol. The van der Waals surface area contributed by atoms with Gasteiger partial charge in [-0.3, -0.25) is 9.59 Å². The van der Waals surface area contributed by atoms with Gasteiger partial charge in [0.2, 0.25) is 5.12 Å². The van der Waals surface area contributed by atoms with Crippen molar-refractivity contribution in [3.8, 4) is 0 Å². The number of ether oxygens (including phenoxy) is 2. The van der Waals surface area contributed by atoms with Crippen LogP contribution in [0.25, 0.3) is 0 Å². The van der Waals surface area contributed by atoms with Crippen LogP contribution in [0.5, 0.6) is 0 Å². The molecule has 3 saturated carbocycles. The molecule has 0 spiro atoms. The molecule has 1 heterocycles. The third kappa shape index (κ3) is 3.38. The van der Waals surface area contributed by atoms with E-state index in [0.29, 0.717) is 31.2 Å². The lowest BCUT2D eigenvalue weighted by Crippen LogP contribution is -2.71. The molecule has 0 radical (unpaired) electrons. The summed E-state index contributed by atoms with van der Waals surface area (Å²) in [5, 5.41) is 10.9. The summed E-state index contributed by atoms with van der Waals surface area (Å²) in [4.78, 5) is 39.3. The van der Waals surface area contributed by atoms with E-state index < -0.39 is 80.6 Å². The minimum Gasteiger partial charge on any atom is -0.447 e. The number of hydrogen-bond acceptors (Lipinski definition) is 7. The molecule has 1 aliphatic heterocycles. The third-order valence-corrected chi connectivity index (χ3v) is 11.2. The van der Waals surface area contributed by atoms with Crippen LogP contribution in [0.3, 0.4) is 0 Å². The number of hydrogen-bond donors (Lipinski definition) is 1. The summed E-state index contributed by atoms with van der Waals surface area (Å²) in [6.45, 7) is 6.83. The van der Waals surface area contributed by atoms with E-state index in [0.717, 1.165) is 6.08 Å².